The van der Waals surface area contributed by atoms with E-state index in [1.807, 2.05) is 0 Å². The van der Waals surface area contributed by atoms with Crippen molar-refractivity contribution in [2.45, 2.75) is 6.04 Å². The third-order valence-corrected chi connectivity index (χ3v) is 2.98. The summed E-state index contributed by atoms with van der Waals surface area (Å²) < 4.78 is 19.7. The van der Waals surface area contributed by atoms with E-state index in [0.717, 1.165) is 0 Å². The van der Waals surface area contributed by atoms with Gasteiger partial charge in [-0.05, 0) is 40.2 Å². The van der Waals surface area contributed by atoms with E-state index in [0.29, 0.717) is 21.0 Å². The maximum Gasteiger partial charge on any atom is 0.169 e. The summed E-state index contributed by atoms with van der Waals surface area (Å²) in [5.41, 5.74) is 2.88. The fraction of sp³-hybridized carbons (Fsp3) is 0.0909. The van der Waals surface area contributed by atoms with Gasteiger partial charge in [-0.15, -0.1) is 0 Å². The van der Waals surface area contributed by atoms with Crippen LogP contribution in [0.5, 0.6) is 0 Å². The van der Waals surface area contributed by atoms with E-state index in [4.69, 9.17) is 21.9 Å². The molecule has 1 aromatic heterocycles. The van der Waals surface area contributed by atoms with Gasteiger partial charge in [-0.2, -0.15) is 0 Å². The molecule has 1 heterocycles. The highest BCUT2D eigenvalue weighted by atomic mass is 79.9. The Labute approximate surface area is 111 Å². The molecule has 2 aromatic rings. The van der Waals surface area contributed by atoms with Crippen molar-refractivity contribution in [2.24, 2.45) is 5.84 Å². The van der Waals surface area contributed by atoms with Crippen LogP contribution in [0.1, 0.15) is 17.4 Å². The van der Waals surface area contributed by atoms with Crippen LogP contribution in [-0.2, 0) is 0 Å². The highest BCUT2D eigenvalue weighted by Gasteiger charge is 2.19. The lowest BCUT2D eigenvalue weighted by Gasteiger charge is -2.14. The molecule has 0 spiro atoms. The molecule has 0 saturated carbocycles. The molecule has 3 N–H and O–H groups in total. The molecule has 6 heteroatoms. The summed E-state index contributed by atoms with van der Waals surface area (Å²) >= 11 is 8.87. The second-order valence-electron chi connectivity index (χ2n) is 3.41. The van der Waals surface area contributed by atoms with Crippen molar-refractivity contribution in [1.82, 2.24) is 5.43 Å². The minimum atomic E-state index is -0.557. The van der Waals surface area contributed by atoms with Gasteiger partial charge in [-0.25, -0.2) is 9.82 Å². The maximum atomic E-state index is 13.7. The number of rotatable bonds is 3. The number of hydrogen-bond donors (Lipinski definition) is 2. The Balaban J connectivity index is 2.42. The molecule has 3 nitrogen and oxygen atoms in total. The van der Waals surface area contributed by atoms with Crippen molar-refractivity contribution in [1.29, 1.82) is 0 Å². The first-order chi connectivity index (χ1) is 8.11. The van der Waals surface area contributed by atoms with E-state index in [1.165, 1.54) is 6.07 Å². The zero-order valence-electron chi connectivity index (χ0n) is 8.58. The molecule has 0 amide bonds. The van der Waals surface area contributed by atoms with E-state index in [9.17, 15) is 4.39 Å². The topological polar surface area (TPSA) is 51.2 Å². The number of nitrogens with two attached hydrogens (primary N) is 1. The quantitative estimate of drug-likeness (QED) is 0.673. The number of nitrogens with one attached hydrogen (secondary N) is 1. The number of benzene rings is 1. The fourth-order valence-corrected chi connectivity index (χ4v) is 2.02. The molecule has 2 rings (SSSR count). The standard InChI is InChI=1S/C11H9BrClFN2O/c12-10-4-3-9(17-10)11(16-15)7-2-1-6(13)5-8(7)14/h1-5,11,16H,15H2. The zero-order chi connectivity index (χ0) is 12.4. The minimum absolute atomic E-state index is 0.336. The van der Waals surface area contributed by atoms with Crippen LogP contribution < -0.4 is 11.3 Å². The third kappa shape index (κ3) is 2.69. The summed E-state index contributed by atoms with van der Waals surface area (Å²) in [5.74, 6) is 5.51. The van der Waals surface area contributed by atoms with Crippen molar-refractivity contribution < 1.29 is 8.81 Å². The van der Waals surface area contributed by atoms with Gasteiger partial charge in [0, 0.05) is 10.6 Å². The Bertz CT molecular complexity index is 532. The first-order valence-electron chi connectivity index (χ1n) is 4.78. The van der Waals surface area contributed by atoms with Crippen LogP contribution in [0, 0.1) is 5.82 Å². The fourth-order valence-electron chi connectivity index (χ4n) is 1.54. The van der Waals surface area contributed by atoms with Crippen LogP contribution in [0.25, 0.3) is 0 Å². The Morgan fingerprint density at radius 3 is 2.65 bits per heavy atom. The van der Waals surface area contributed by atoms with E-state index in [1.54, 1.807) is 24.3 Å². The van der Waals surface area contributed by atoms with Crippen molar-refractivity contribution in [3.63, 3.8) is 0 Å². The van der Waals surface area contributed by atoms with Gasteiger partial charge in [0.2, 0.25) is 0 Å². The SMILES string of the molecule is NNC(c1ccc(Br)o1)c1ccc(Cl)cc1F. The number of hydrazine groups is 1. The van der Waals surface area contributed by atoms with Crippen LogP contribution >= 0.6 is 27.5 Å². The molecule has 1 unspecified atom stereocenters. The molecule has 0 saturated heterocycles. The molecular formula is C11H9BrClFN2O. The van der Waals surface area contributed by atoms with Gasteiger partial charge in [0.15, 0.2) is 4.67 Å². The number of furan rings is 1. The monoisotopic (exact) mass is 318 g/mol. The van der Waals surface area contributed by atoms with Gasteiger partial charge in [0.25, 0.3) is 0 Å². The summed E-state index contributed by atoms with van der Waals surface area (Å²) in [7, 11) is 0. The molecule has 0 aliphatic heterocycles. The summed E-state index contributed by atoms with van der Waals surface area (Å²) in [6, 6.07) is 7.27. The van der Waals surface area contributed by atoms with E-state index >= 15 is 0 Å². The zero-order valence-corrected chi connectivity index (χ0v) is 10.9. The normalized spacial score (nSPS) is 12.7. The predicted molar refractivity (Wildman–Crippen MR) is 67.0 cm³/mol. The molecule has 0 radical (unpaired) electrons. The molecule has 17 heavy (non-hydrogen) atoms. The number of hydrogen-bond acceptors (Lipinski definition) is 3. The molecule has 0 aliphatic carbocycles. The molecule has 1 atom stereocenters. The second kappa shape index (κ2) is 5.18. The smallest absolute Gasteiger partial charge is 0.169 e. The van der Waals surface area contributed by atoms with Crippen molar-refractivity contribution >= 4 is 27.5 Å². The Hall–Kier alpha value is -0.880. The van der Waals surface area contributed by atoms with Gasteiger partial charge in [0.1, 0.15) is 17.6 Å². The summed E-state index contributed by atoms with van der Waals surface area (Å²) in [4.78, 5) is 0. The van der Waals surface area contributed by atoms with Crippen LogP contribution in [0.2, 0.25) is 5.02 Å². The van der Waals surface area contributed by atoms with Crippen molar-refractivity contribution in [2.75, 3.05) is 0 Å². The minimum Gasteiger partial charge on any atom is -0.452 e. The molecule has 1 aromatic carbocycles. The van der Waals surface area contributed by atoms with Crippen molar-refractivity contribution in [3.8, 4) is 0 Å². The second-order valence-corrected chi connectivity index (χ2v) is 4.63. The molecule has 90 valence electrons. The van der Waals surface area contributed by atoms with Gasteiger partial charge < -0.3 is 4.42 Å². The average Bonchev–Trinajstić information content (AvgIpc) is 2.69. The van der Waals surface area contributed by atoms with E-state index in [-0.39, 0.29) is 0 Å². The van der Waals surface area contributed by atoms with E-state index < -0.39 is 11.9 Å². The highest BCUT2D eigenvalue weighted by molar-refractivity contribution is 9.10. The largest absolute Gasteiger partial charge is 0.452 e. The lowest BCUT2D eigenvalue weighted by atomic mass is 10.0. The Morgan fingerprint density at radius 2 is 2.12 bits per heavy atom. The molecular weight excluding hydrogens is 310 g/mol. The van der Waals surface area contributed by atoms with Crippen LogP contribution in [0.3, 0.4) is 0 Å². The third-order valence-electron chi connectivity index (χ3n) is 2.32. The van der Waals surface area contributed by atoms with Crippen LogP contribution in [-0.4, -0.2) is 0 Å². The van der Waals surface area contributed by atoms with Gasteiger partial charge >= 0.3 is 0 Å². The van der Waals surface area contributed by atoms with Gasteiger partial charge in [-0.1, -0.05) is 17.7 Å². The lowest BCUT2D eigenvalue weighted by Crippen LogP contribution is -2.29. The first kappa shape index (κ1) is 12.6. The lowest BCUT2D eigenvalue weighted by molar-refractivity contribution is 0.428. The van der Waals surface area contributed by atoms with Crippen LogP contribution in [0.4, 0.5) is 4.39 Å². The number of halogens is 3. The summed E-state index contributed by atoms with van der Waals surface area (Å²) in [6.07, 6.45) is 0. The van der Waals surface area contributed by atoms with Gasteiger partial charge in [0.05, 0.1) is 0 Å². The first-order valence-corrected chi connectivity index (χ1v) is 5.95. The highest BCUT2D eigenvalue weighted by Crippen LogP contribution is 2.28. The molecule has 0 aliphatic rings. The van der Waals surface area contributed by atoms with Crippen molar-refractivity contribution in [3.05, 3.63) is 57.2 Å². The Morgan fingerprint density at radius 1 is 1.35 bits per heavy atom. The maximum absolute atomic E-state index is 13.7. The van der Waals surface area contributed by atoms with Crippen LogP contribution in [0.15, 0.2) is 39.4 Å². The Kier molecular flexibility index (Phi) is 3.83. The average molecular weight is 320 g/mol. The van der Waals surface area contributed by atoms with E-state index in [2.05, 4.69) is 21.4 Å². The molecule has 0 bridgehead atoms. The molecule has 0 fully saturated rings. The van der Waals surface area contributed by atoms with Gasteiger partial charge in [-0.3, -0.25) is 5.84 Å². The summed E-state index contributed by atoms with van der Waals surface area (Å²) in [5, 5.41) is 0.336. The predicted octanol–water partition coefficient (Wildman–Crippen LogP) is 3.39. The summed E-state index contributed by atoms with van der Waals surface area (Å²) in [6.45, 7) is 0.